The molecule has 3 rings (SSSR count). The molecule has 1 saturated carbocycles. The van der Waals surface area contributed by atoms with Crippen LogP contribution in [0.4, 0.5) is 0 Å². The molecule has 0 aromatic carbocycles. The predicted octanol–water partition coefficient (Wildman–Crippen LogP) is 4.15. The van der Waals surface area contributed by atoms with Gasteiger partial charge in [-0.15, -0.1) is 24.0 Å². The van der Waals surface area contributed by atoms with E-state index in [-0.39, 0.29) is 24.0 Å². The third-order valence-electron chi connectivity index (χ3n) is 6.30. The van der Waals surface area contributed by atoms with E-state index in [1.807, 2.05) is 12.4 Å². The monoisotopic (exact) mass is 513 g/mol. The second-order valence-corrected chi connectivity index (χ2v) is 8.54. The van der Waals surface area contributed by atoms with Crippen molar-refractivity contribution in [3.05, 3.63) is 29.6 Å². The molecule has 1 saturated heterocycles. The molecular formula is C23H40IN5. The summed E-state index contributed by atoms with van der Waals surface area (Å²) in [7, 11) is 0. The highest BCUT2D eigenvalue weighted by Crippen LogP contribution is 2.25. The minimum absolute atomic E-state index is 0. The van der Waals surface area contributed by atoms with Gasteiger partial charge in [0.2, 0.25) is 0 Å². The number of aromatic nitrogens is 1. The lowest BCUT2D eigenvalue weighted by molar-refractivity contribution is 0.160. The number of halogens is 1. The molecule has 1 aliphatic heterocycles. The smallest absolute Gasteiger partial charge is 0.191 e. The summed E-state index contributed by atoms with van der Waals surface area (Å²) in [5.74, 6) is 1.92. The summed E-state index contributed by atoms with van der Waals surface area (Å²) >= 11 is 0. The summed E-state index contributed by atoms with van der Waals surface area (Å²) < 4.78 is 0. The molecule has 0 amide bonds. The van der Waals surface area contributed by atoms with Crippen LogP contribution >= 0.6 is 24.0 Å². The lowest BCUT2D eigenvalue weighted by Crippen LogP contribution is -2.49. The maximum Gasteiger partial charge on any atom is 0.191 e. The van der Waals surface area contributed by atoms with Crippen molar-refractivity contribution in [1.82, 2.24) is 20.5 Å². The topological polar surface area (TPSA) is 52.6 Å². The van der Waals surface area contributed by atoms with Gasteiger partial charge in [-0.25, -0.2) is 0 Å². The van der Waals surface area contributed by atoms with Gasteiger partial charge in [-0.05, 0) is 69.1 Å². The van der Waals surface area contributed by atoms with Crippen molar-refractivity contribution in [1.29, 1.82) is 0 Å². The average Bonchev–Trinajstić information content (AvgIpc) is 2.72. The van der Waals surface area contributed by atoms with Crippen molar-refractivity contribution in [3.63, 3.8) is 0 Å². The third kappa shape index (κ3) is 8.40. The van der Waals surface area contributed by atoms with Crippen molar-refractivity contribution in [2.24, 2.45) is 10.9 Å². The molecule has 2 fully saturated rings. The number of piperidine rings is 1. The molecule has 164 valence electrons. The van der Waals surface area contributed by atoms with E-state index in [0.717, 1.165) is 31.4 Å². The second-order valence-electron chi connectivity index (χ2n) is 8.54. The number of pyridine rings is 1. The van der Waals surface area contributed by atoms with Gasteiger partial charge in [0.15, 0.2) is 5.96 Å². The molecule has 6 heteroatoms. The summed E-state index contributed by atoms with van der Waals surface area (Å²) in [5, 5.41) is 7.10. The zero-order valence-electron chi connectivity index (χ0n) is 18.3. The molecule has 1 aromatic rings. The van der Waals surface area contributed by atoms with E-state index in [1.165, 1.54) is 75.7 Å². The van der Waals surface area contributed by atoms with E-state index >= 15 is 0 Å². The van der Waals surface area contributed by atoms with Gasteiger partial charge in [-0.3, -0.25) is 9.98 Å². The maximum atomic E-state index is 4.82. The molecule has 2 N–H and O–H groups in total. The van der Waals surface area contributed by atoms with Crippen molar-refractivity contribution >= 4 is 29.9 Å². The Morgan fingerprint density at radius 1 is 1.17 bits per heavy atom. The van der Waals surface area contributed by atoms with Crippen molar-refractivity contribution in [3.8, 4) is 0 Å². The zero-order chi connectivity index (χ0) is 19.6. The number of hydrogen-bond donors (Lipinski definition) is 2. The number of guanidine groups is 1. The van der Waals surface area contributed by atoms with E-state index in [9.17, 15) is 0 Å². The van der Waals surface area contributed by atoms with Gasteiger partial charge < -0.3 is 15.5 Å². The molecular weight excluding hydrogens is 473 g/mol. The van der Waals surface area contributed by atoms with E-state index in [1.54, 1.807) is 0 Å². The van der Waals surface area contributed by atoms with Gasteiger partial charge in [-0.1, -0.05) is 19.3 Å². The van der Waals surface area contributed by atoms with E-state index < -0.39 is 0 Å². The third-order valence-corrected chi connectivity index (χ3v) is 6.30. The molecule has 1 aliphatic carbocycles. The fourth-order valence-corrected chi connectivity index (χ4v) is 4.58. The number of aryl methyl sites for hydroxylation is 1. The Morgan fingerprint density at radius 3 is 2.62 bits per heavy atom. The first-order chi connectivity index (χ1) is 13.7. The maximum absolute atomic E-state index is 4.82. The van der Waals surface area contributed by atoms with Crippen LogP contribution in [0.5, 0.6) is 0 Å². The summed E-state index contributed by atoms with van der Waals surface area (Å²) in [6, 6.07) is 2.65. The standard InChI is InChI=1S/C23H39N5.HI/c1-3-25-23(26-14-10-21-9-13-24-17-19(21)2)27-22-11-15-28(16-12-22)18-20-7-5-4-6-8-20;/h9,13,17,20,22H,3-8,10-12,14-16,18H2,1-2H3,(H2,25,26,27);1H. The van der Waals surface area contributed by atoms with Crippen LogP contribution in [0.2, 0.25) is 0 Å². The predicted molar refractivity (Wildman–Crippen MR) is 133 cm³/mol. The van der Waals surface area contributed by atoms with Crippen LogP contribution in [0.25, 0.3) is 0 Å². The van der Waals surface area contributed by atoms with Gasteiger partial charge in [0, 0.05) is 51.2 Å². The lowest BCUT2D eigenvalue weighted by atomic mass is 9.88. The Bertz CT molecular complexity index is 607. The normalized spacial score (nSPS) is 19.6. The number of hydrogen-bond acceptors (Lipinski definition) is 3. The summed E-state index contributed by atoms with van der Waals surface area (Å²) in [5.41, 5.74) is 2.59. The highest BCUT2D eigenvalue weighted by Gasteiger charge is 2.23. The SMILES string of the molecule is CCNC(=NCCc1ccncc1C)NC1CCN(CC2CCCCC2)CC1.I. The molecule has 1 aromatic heterocycles. The molecule has 2 aliphatic rings. The number of aliphatic imine (C=N–C) groups is 1. The Balaban J connectivity index is 0.00000300. The zero-order valence-corrected chi connectivity index (χ0v) is 20.7. The number of likely N-dealkylation sites (tertiary alicyclic amines) is 1. The van der Waals surface area contributed by atoms with Crippen LogP contribution in [0.1, 0.15) is 63.0 Å². The van der Waals surface area contributed by atoms with Crippen molar-refractivity contribution < 1.29 is 0 Å². The minimum atomic E-state index is 0. The van der Waals surface area contributed by atoms with Crippen LogP contribution in [0.3, 0.4) is 0 Å². The molecule has 5 nitrogen and oxygen atoms in total. The van der Waals surface area contributed by atoms with Gasteiger partial charge in [0.25, 0.3) is 0 Å². The van der Waals surface area contributed by atoms with Crippen molar-refractivity contribution in [2.75, 3.05) is 32.7 Å². The number of rotatable bonds is 7. The van der Waals surface area contributed by atoms with Crippen LogP contribution in [-0.4, -0.2) is 54.6 Å². The Kier molecular flexibility index (Phi) is 11.3. The fourth-order valence-electron chi connectivity index (χ4n) is 4.58. The molecule has 0 bridgehead atoms. The molecule has 0 spiro atoms. The molecule has 0 unspecified atom stereocenters. The molecule has 29 heavy (non-hydrogen) atoms. The van der Waals surface area contributed by atoms with Crippen LogP contribution in [0.15, 0.2) is 23.5 Å². The molecule has 0 atom stereocenters. The quantitative estimate of drug-likeness (QED) is 0.327. The van der Waals surface area contributed by atoms with Gasteiger partial charge in [0.05, 0.1) is 0 Å². The van der Waals surface area contributed by atoms with E-state index in [4.69, 9.17) is 4.99 Å². The van der Waals surface area contributed by atoms with Gasteiger partial charge in [0.1, 0.15) is 0 Å². The van der Waals surface area contributed by atoms with Crippen LogP contribution < -0.4 is 10.6 Å². The Labute approximate surface area is 194 Å². The average molecular weight is 514 g/mol. The summed E-state index contributed by atoms with van der Waals surface area (Å²) in [6.45, 7) is 9.74. The van der Waals surface area contributed by atoms with Crippen molar-refractivity contribution in [2.45, 2.75) is 71.3 Å². The van der Waals surface area contributed by atoms with Crippen LogP contribution in [0, 0.1) is 12.8 Å². The van der Waals surface area contributed by atoms with Crippen LogP contribution in [-0.2, 0) is 6.42 Å². The second kappa shape index (κ2) is 13.4. The Morgan fingerprint density at radius 2 is 1.93 bits per heavy atom. The molecule has 2 heterocycles. The first-order valence-corrected chi connectivity index (χ1v) is 11.4. The summed E-state index contributed by atoms with van der Waals surface area (Å²) in [4.78, 5) is 11.7. The minimum Gasteiger partial charge on any atom is -0.357 e. The largest absolute Gasteiger partial charge is 0.357 e. The highest BCUT2D eigenvalue weighted by molar-refractivity contribution is 14.0. The fraction of sp³-hybridized carbons (Fsp3) is 0.739. The Hall–Kier alpha value is -0.890. The summed E-state index contributed by atoms with van der Waals surface area (Å²) in [6.07, 6.45) is 14.5. The first kappa shape index (κ1) is 24.4. The van der Waals surface area contributed by atoms with Gasteiger partial charge >= 0.3 is 0 Å². The van der Waals surface area contributed by atoms with E-state index in [0.29, 0.717) is 6.04 Å². The van der Waals surface area contributed by atoms with E-state index in [2.05, 4.69) is 40.4 Å². The van der Waals surface area contributed by atoms with Gasteiger partial charge in [-0.2, -0.15) is 0 Å². The lowest BCUT2D eigenvalue weighted by Gasteiger charge is -2.36. The first-order valence-electron chi connectivity index (χ1n) is 11.4. The highest BCUT2D eigenvalue weighted by atomic mass is 127. The number of nitrogens with one attached hydrogen (secondary N) is 2. The molecule has 0 radical (unpaired) electrons. The number of nitrogens with zero attached hydrogens (tertiary/aromatic N) is 3.